The normalized spacial score (nSPS) is 14.1. The van der Waals surface area contributed by atoms with Crippen molar-refractivity contribution < 1.29 is 19.8 Å². The highest BCUT2D eigenvalue weighted by Gasteiger charge is 2.30. The number of aliphatic carboxylic acids is 1. The van der Waals surface area contributed by atoms with Crippen LogP contribution in [0.1, 0.15) is 26.8 Å². The van der Waals surface area contributed by atoms with E-state index in [2.05, 4.69) is 15.5 Å². The fraction of sp³-hybridized carbons (Fsp3) is 0.636. The van der Waals surface area contributed by atoms with Crippen molar-refractivity contribution in [3.8, 4) is 0 Å². The van der Waals surface area contributed by atoms with Gasteiger partial charge in [0.15, 0.2) is 10.8 Å². The van der Waals surface area contributed by atoms with Gasteiger partial charge in [0, 0.05) is 6.04 Å². The number of carbonyl (C=O) groups is 2. The van der Waals surface area contributed by atoms with Gasteiger partial charge >= 0.3 is 5.97 Å². The molecular weight excluding hydrogens is 284 g/mol. The molecule has 1 aromatic heterocycles. The van der Waals surface area contributed by atoms with Crippen molar-refractivity contribution in [3.63, 3.8) is 0 Å². The number of amides is 1. The van der Waals surface area contributed by atoms with E-state index in [-0.39, 0.29) is 24.2 Å². The van der Waals surface area contributed by atoms with Gasteiger partial charge in [0.05, 0.1) is 12.3 Å². The Morgan fingerprint density at radius 2 is 2.20 bits per heavy atom. The van der Waals surface area contributed by atoms with Crippen LogP contribution in [0.5, 0.6) is 0 Å². The van der Waals surface area contributed by atoms with E-state index in [1.54, 1.807) is 6.33 Å². The van der Waals surface area contributed by atoms with E-state index in [1.165, 1.54) is 11.8 Å². The van der Waals surface area contributed by atoms with Gasteiger partial charge in [0.25, 0.3) is 0 Å². The molecule has 0 aliphatic carbocycles. The summed E-state index contributed by atoms with van der Waals surface area (Å²) in [4.78, 5) is 22.3. The molecule has 9 heteroatoms. The Bertz CT molecular complexity index is 487. The summed E-state index contributed by atoms with van der Waals surface area (Å²) in [6.45, 7) is 4.71. The molecule has 1 heterocycles. The molecule has 0 spiro atoms. The van der Waals surface area contributed by atoms with Crippen LogP contribution in [0.2, 0.25) is 0 Å². The summed E-state index contributed by atoms with van der Waals surface area (Å²) < 4.78 is 1.82. The molecule has 0 aromatic carbocycles. The third kappa shape index (κ3) is 4.49. The monoisotopic (exact) mass is 302 g/mol. The van der Waals surface area contributed by atoms with Gasteiger partial charge in [0.1, 0.15) is 6.33 Å². The number of aliphatic hydroxyl groups is 1. The molecule has 1 unspecified atom stereocenters. The Hall–Kier alpha value is -1.61. The Kier molecular flexibility index (Phi) is 5.52. The predicted molar refractivity (Wildman–Crippen MR) is 72.4 cm³/mol. The van der Waals surface area contributed by atoms with Gasteiger partial charge in [-0.25, -0.2) is 4.79 Å². The summed E-state index contributed by atoms with van der Waals surface area (Å²) in [6, 6.07) is 0.184. The summed E-state index contributed by atoms with van der Waals surface area (Å²) in [6.07, 6.45) is 1.58. The minimum absolute atomic E-state index is 0.0705. The van der Waals surface area contributed by atoms with Crippen LogP contribution in [0.15, 0.2) is 11.5 Å². The molecule has 1 atom stereocenters. The van der Waals surface area contributed by atoms with Crippen LogP contribution in [0.4, 0.5) is 0 Å². The highest BCUT2D eigenvalue weighted by atomic mass is 32.2. The van der Waals surface area contributed by atoms with Crippen LogP contribution in [-0.4, -0.2) is 54.8 Å². The first kappa shape index (κ1) is 16.4. The van der Waals surface area contributed by atoms with Crippen molar-refractivity contribution >= 4 is 23.6 Å². The fourth-order valence-corrected chi connectivity index (χ4v) is 2.09. The van der Waals surface area contributed by atoms with Crippen LogP contribution < -0.4 is 5.32 Å². The maximum atomic E-state index is 11.6. The molecule has 0 radical (unpaired) electrons. The van der Waals surface area contributed by atoms with E-state index in [0.717, 1.165) is 6.92 Å². The molecule has 0 bridgehead atoms. The van der Waals surface area contributed by atoms with Crippen molar-refractivity contribution in [2.45, 2.75) is 37.6 Å². The SMILES string of the molecule is CC(C)n1cnnc1SCC(=O)NCC(C)(O)C(=O)O. The Balaban J connectivity index is 2.44. The molecule has 112 valence electrons. The summed E-state index contributed by atoms with van der Waals surface area (Å²) in [5, 5.41) is 28.8. The largest absolute Gasteiger partial charge is 0.479 e. The van der Waals surface area contributed by atoms with Gasteiger partial charge in [0.2, 0.25) is 5.91 Å². The topological polar surface area (TPSA) is 117 Å². The Labute approximate surface area is 120 Å². The molecule has 0 aliphatic heterocycles. The Morgan fingerprint density at radius 1 is 1.55 bits per heavy atom. The van der Waals surface area contributed by atoms with E-state index in [1.807, 2.05) is 18.4 Å². The lowest BCUT2D eigenvalue weighted by Gasteiger charge is -2.18. The standard InChI is InChI=1S/C11H18N4O4S/c1-7(2)15-6-13-14-10(15)20-4-8(16)12-5-11(3,19)9(17)18/h6-7,19H,4-5H2,1-3H3,(H,12,16)(H,17,18). The number of carbonyl (C=O) groups excluding carboxylic acids is 1. The smallest absolute Gasteiger partial charge is 0.337 e. The van der Waals surface area contributed by atoms with Crippen LogP contribution in [0.25, 0.3) is 0 Å². The molecule has 1 aromatic rings. The highest BCUT2D eigenvalue weighted by Crippen LogP contribution is 2.18. The van der Waals surface area contributed by atoms with Crippen LogP contribution in [-0.2, 0) is 9.59 Å². The van der Waals surface area contributed by atoms with Crippen molar-refractivity contribution in [1.82, 2.24) is 20.1 Å². The van der Waals surface area contributed by atoms with Gasteiger partial charge in [-0.2, -0.15) is 0 Å². The average Bonchev–Trinajstić information content (AvgIpc) is 2.82. The zero-order valence-electron chi connectivity index (χ0n) is 11.5. The third-order valence-electron chi connectivity index (χ3n) is 2.52. The van der Waals surface area contributed by atoms with Crippen LogP contribution >= 0.6 is 11.8 Å². The zero-order chi connectivity index (χ0) is 15.3. The van der Waals surface area contributed by atoms with Gasteiger partial charge in [-0.15, -0.1) is 10.2 Å². The van der Waals surface area contributed by atoms with E-state index in [4.69, 9.17) is 5.11 Å². The quantitative estimate of drug-likeness (QED) is 0.602. The molecule has 8 nitrogen and oxygen atoms in total. The summed E-state index contributed by atoms with van der Waals surface area (Å²) in [5.74, 6) is -1.69. The number of nitrogens with zero attached hydrogens (tertiary/aromatic N) is 3. The van der Waals surface area contributed by atoms with E-state index in [0.29, 0.717) is 5.16 Å². The second-order valence-corrected chi connectivity index (χ2v) is 5.70. The van der Waals surface area contributed by atoms with E-state index < -0.39 is 11.6 Å². The summed E-state index contributed by atoms with van der Waals surface area (Å²) in [5.41, 5.74) is -1.97. The van der Waals surface area contributed by atoms with E-state index >= 15 is 0 Å². The highest BCUT2D eigenvalue weighted by molar-refractivity contribution is 7.99. The molecule has 1 amide bonds. The number of nitrogens with one attached hydrogen (secondary N) is 1. The second kappa shape index (κ2) is 6.71. The number of hydrogen-bond donors (Lipinski definition) is 3. The maximum Gasteiger partial charge on any atom is 0.337 e. The number of rotatable bonds is 7. The van der Waals surface area contributed by atoms with Gasteiger partial charge in [-0.3, -0.25) is 4.79 Å². The minimum atomic E-state index is -1.97. The maximum absolute atomic E-state index is 11.6. The molecule has 0 saturated heterocycles. The van der Waals surface area contributed by atoms with Crippen LogP contribution in [0.3, 0.4) is 0 Å². The first-order valence-corrected chi connectivity index (χ1v) is 6.97. The molecule has 0 saturated carbocycles. The number of carboxylic acids is 1. The van der Waals surface area contributed by atoms with Crippen LogP contribution in [0, 0.1) is 0 Å². The van der Waals surface area contributed by atoms with Gasteiger partial charge in [-0.1, -0.05) is 11.8 Å². The van der Waals surface area contributed by atoms with Crippen molar-refractivity contribution in [1.29, 1.82) is 0 Å². The molecule has 20 heavy (non-hydrogen) atoms. The number of hydrogen-bond acceptors (Lipinski definition) is 6. The predicted octanol–water partition coefficient (Wildman–Crippen LogP) is -0.0971. The number of carboxylic acid groups (broad SMARTS) is 1. The lowest BCUT2D eigenvalue weighted by atomic mass is 10.1. The summed E-state index contributed by atoms with van der Waals surface area (Å²) >= 11 is 1.20. The number of aromatic nitrogens is 3. The molecular formula is C11H18N4O4S. The molecule has 0 aliphatic rings. The first-order valence-electron chi connectivity index (χ1n) is 5.99. The summed E-state index contributed by atoms with van der Waals surface area (Å²) in [7, 11) is 0. The van der Waals surface area contributed by atoms with Crippen molar-refractivity contribution in [2.75, 3.05) is 12.3 Å². The second-order valence-electron chi connectivity index (χ2n) is 4.76. The van der Waals surface area contributed by atoms with Gasteiger partial charge < -0.3 is 20.1 Å². The number of thioether (sulfide) groups is 1. The fourth-order valence-electron chi connectivity index (χ4n) is 1.22. The lowest BCUT2D eigenvalue weighted by Crippen LogP contribution is -2.46. The van der Waals surface area contributed by atoms with Gasteiger partial charge in [-0.05, 0) is 20.8 Å². The lowest BCUT2D eigenvalue weighted by molar-refractivity contribution is -0.156. The zero-order valence-corrected chi connectivity index (χ0v) is 12.3. The van der Waals surface area contributed by atoms with Crippen molar-refractivity contribution in [3.05, 3.63) is 6.33 Å². The van der Waals surface area contributed by atoms with Crippen molar-refractivity contribution in [2.24, 2.45) is 0 Å². The first-order chi connectivity index (χ1) is 9.24. The molecule has 1 rings (SSSR count). The third-order valence-corrected chi connectivity index (χ3v) is 3.48. The Morgan fingerprint density at radius 3 is 2.75 bits per heavy atom. The minimum Gasteiger partial charge on any atom is -0.479 e. The average molecular weight is 302 g/mol. The molecule has 3 N–H and O–H groups in total. The molecule has 0 fully saturated rings. The van der Waals surface area contributed by atoms with E-state index in [9.17, 15) is 14.7 Å².